The third-order valence-corrected chi connectivity index (χ3v) is 4.01. The Kier molecular flexibility index (Phi) is 8.57. The van der Waals surface area contributed by atoms with Gasteiger partial charge in [0.05, 0.1) is 0 Å². The molecule has 1 rings (SSSR count). The molecule has 0 fully saturated rings. The van der Waals surface area contributed by atoms with Gasteiger partial charge in [-0.3, -0.25) is 0 Å². The van der Waals surface area contributed by atoms with E-state index in [-0.39, 0.29) is 0 Å². The first-order chi connectivity index (χ1) is 8.77. The fourth-order valence-electron chi connectivity index (χ4n) is 2.05. The molecule has 0 heterocycles. The monoisotopic (exact) mass is 285 g/mol. The second kappa shape index (κ2) is 9.71. The van der Waals surface area contributed by atoms with Gasteiger partial charge in [-0.15, -0.1) is 0 Å². The lowest BCUT2D eigenvalue weighted by Crippen LogP contribution is -2.22. The molecule has 0 saturated carbocycles. The molecule has 0 aromatic heterocycles. The molecule has 102 valence electrons. The molecule has 0 radical (unpaired) electrons. The van der Waals surface area contributed by atoms with Crippen LogP contribution in [0.15, 0.2) is 24.3 Å². The van der Waals surface area contributed by atoms with Crippen molar-refractivity contribution < 1.29 is 0 Å². The molecule has 1 N–H and O–H groups in total. The molecule has 1 atom stereocenters. The van der Waals surface area contributed by atoms with Gasteiger partial charge in [-0.2, -0.15) is 11.8 Å². The van der Waals surface area contributed by atoms with Gasteiger partial charge in [-0.05, 0) is 61.4 Å². The Labute approximate surface area is 121 Å². The number of nitrogens with one attached hydrogen (secondary N) is 1. The van der Waals surface area contributed by atoms with Crippen LogP contribution < -0.4 is 5.32 Å². The summed E-state index contributed by atoms with van der Waals surface area (Å²) >= 11 is 7.88. The van der Waals surface area contributed by atoms with Gasteiger partial charge in [0.25, 0.3) is 0 Å². The quantitative estimate of drug-likeness (QED) is 0.667. The Morgan fingerprint density at radius 1 is 1.28 bits per heavy atom. The van der Waals surface area contributed by atoms with Gasteiger partial charge in [-0.1, -0.05) is 30.7 Å². The van der Waals surface area contributed by atoms with Crippen molar-refractivity contribution in [2.45, 2.75) is 32.1 Å². The van der Waals surface area contributed by atoms with E-state index in [1.807, 2.05) is 23.9 Å². The second-order valence-corrected chi connectivity index (χ2v) is 6.01. The van der Waals surface area contributed by atoms with Gasteiger partial charge in [0, 0.05) is 11.6 Å². The first-order valence-electron chi connectivity index (χ1n) is 6.73. The molecule has 0 amide bonds. The van der Waals surface area contributed by atoms with E-state index in [0.29, 0.717) is 5.92 Å². The van der Waals surface area contributed by atoms with Crippen molar-refractivity contribution in [3.8, 4) is 0 Å². The van der Waals surface area contributed by atoms with Crippen LogP contribution in [-0.4, -0.2) is 25.1 Å². The molecular weight excluding hydrogens is 262 g/mol. The lowest BCUT2D eigenvalue weighted by atomic mass is 9.94. The van der Waals surface area contributed by atoms with Crippen molar-refractivity contribution in [3.05, 3.63) is 34.9 Å². The van der Waals surface area contributed by atoms with Crippen LogP contribution in [0.2, 0.25) is 5.02 Å². The minimum absolute atomic E-state index is 0.612. The van der Waals surface area contributed by atoms with Crippen molar-refractivity contribution >= 4 is 23.4 Å². The predicted octanol–water partition coefficient (Wildman–Crippen LogP) is 4.57. The van der Waals surface area contributed by atoms with Crippen LogP contribution in [-0.2, 0) is 0 Å². The standard InChI is InChI=1S/C15H24ClNS/c1-3-10-17-12-14(5-4-11-18-2)13-6-8-15(16)9-7-13/h6-9,14,17H,3-5,10-12H2,1-2H3. The molecule has 1 unspecified atom stereocenters. The van der Waals surface area contributed by atoms with Gasteiger partial charge in [0.15, 0.2) is 0 Å². The van der Waals surface area contributed by atoms with Gasteiger partial charge < -0.3 is 5.32 Å². The fraction of sp³-hybridized carbons (Fsp3) is 0.600. The van der Waals surface area contributed by atoms with E-state index < -0.39 is 0 Å². The largest absolute Gasteiger partial charge is 0.316 e. The van der Waals surface area contributed by atoms with Gasteiger partial charge in [-0.25, -0.2) is 0 Å². The summed E-state index contributed by atoms with van der Waals surface area (Å²) < 4.78 is 0. The maximum Gasteiger partial charge on any atom is 0.0406 e. The van der Waals surface area contributed by atoms with E-state index in [9.17, 15) is 0 Å². The van der Waals surface area contributed by atoms with E-state index in [2.05, 4.69) is 30.6 Å². The summed E-state index contributed by atoms with van der Waals surface area (Å²) in [6.45, 7) is 4.38. The molecule has 1 aromatic rings. The minimum atomic E-state index is 0.612. The summed E-state index contributed by atoms with van der Waals surface area (Å²) in [4.78, 5) is 0. The average molecular weight is 286 g/mol. The minimum Gasteiger partial charge on any atom is -0.316 e. The number of thioether (sulfide) groups is 1. The maximum atomic E-state index is 5.95. The molecule has 0 aliphatic carbocycles. The third kappa shape index (κ3) is 6.12. The predicted molar refractivity (Wildman–Crippen MR) is 85.0 cm³/mol. The summed E-state index contributed by atoms with van der Waals surface area (Å²) in [6.07, 6.45) is 5.90. The van der Waals surface area contributed by atoms with Crippen LogP contribution in [0.1, 0.15) is 37.7 Å². The molecule has 3 heteroatoms. The zero-order chi connectivity index (χ0) is 13.2. The summed E-state index contributed by atoms with van der Waals surface area (Å²) in [5.41, 5.74) is 1.41. The van der Waals surface area contributed by atoms with Crippen LogP contribution in [0, 0.1) is 0 Å². The van der Waals surface area contributed by atoms with Crippen LogP contribution in [0.25, 0.3) is 0 Å². The SMILES string of the molecule is CCCNCC(CCCSC)c1ccc(Cl)cc1. The number of hydrogen-bond acceptors (Lipinski definition) is 2. The average Bonchev–Trinajstić information content (AvgIpc) is 2.38. The Morgan fingerprint density at radius 3 is 2.61 bits per heavy atom. The van der Waals surface area contributed by atoms with Crippen LogP contribution >= 0.6 is 23.4 Å². The Morgan fingerprint density at radius 2 is 2.00 bits per heavy atom. The van der Waals surface area contributed by atoms with E-state index in [0.717, 1.165) is 18.1 Å². The molecule has 0 aliphatic rings. The molecule has 0 saturated heterocycles. The third-order valence-electron chi connectivity index (χ3n) is 3.06. The molecular formula is C15H24ClNS. The normalized spacial score (nSPS) is 12.6. The van der Waals surface area contributed by atoms with Crippen molar-refractivity contribution in [1.82, 2.24) is 5.32 Å². The number of hydrogen-bond donors (Lipinski definition) is 1. The second-order valence-electron chi connectivity index (χ2n) is 4.59. The van der Waals surface area contributed by atoms with Gasteiger partial charge in [0.1, 0.15) is 0 Å². The maximum absolute atomic E-state index is 5.95. The van der Waals surface area contributed by atoms with E-state index >= 15 is 0 Å². The summed E-state index contributed by atoms with van der Waals surface area (Å²) in [7, 11) is 0. The Hall–Kier alpha value is -0.180. The number of halogens is 1. The first kappa shape index (κ1) is 15.9. The van der Waals surface area contributed by atoms with Crippen LogP contribution in [0.5, 0.6) is 0 Å². The lowest BCUT2D eigenvalue weighted by molar-refractivity contribution is 0.545. The molecule has 0 bridgehead atoms. The van der Waals surface area contributed by atoms with Crippen molar-refractivity contribution in [3.63, 3.8) is 0 Å². The van der Waals surface area contributed by atoms with Crippen molar-refractivity contribution in [2.24, 2.45) is 0 Å². The fourth-order valence-corrected chi connectivity index (χ4v) is 2.63. The zero-order valence-corrected chi connectivity index (χ0v) is 13.0. The molecule has 0 spiro atoms. The first-order valence-corrected chi connectivity index (χ1v) is 8.50. The smallest absolute Gasteiger partial charge is 0.0406 e. The summed E-state index contributed by atoms with van der Waals surface area (Å²) in [5.74, 6) is 1.86. The van der Waals surface area contributed by atoms with Crippen molar-refractivity contribution in [1.29, 1.82) is 0 Å². The highest BCUT2D eigenvalue weighted by atomic mass is 35.5. The highest BCUT2D eigenvalue weighted by Gasteiger charge is 2.10. The van der Waals surface area contributed by atoms with E-state index in [1.165, 1.54) is 30.6 Å². The summed E-state index contributed by atoms with van der Waals surface area (Å²) in [6, 6.07) is 8.33. The Bertz CT molecular complexity index is 303. The topological polar surface area (TPSA) is 12.0 Å². The molecule has 1 aromatic carbocycles. The Balaban J connectivity index is 2.54. The van der Waals surface area contributed by atoms with E-state index in [1.54, 1.807) is 0 Å². The summed E-state index contributed by atoms with van der Waals surface area (Å²) in [5, 5.41) is 4.36. The van der Waals surface area contributed by atoms with E-state index in [4.69, 9.17) is 11.6 Å². The molecule has 18 heavy (non-hydrogen) atoms. The molecule has 1 nitrogen and oxygen atoms in total. The zero-order valence-electron chi connectivity index (χ0n) is 11.4. The van der Waals surface area contributed by atoms with Gasteiger partial charge >= 0.3 is 0 Å². The van der Waals surface area contributed by atoms with Gasteiger partial charge in [0.2, 0.25) is 0 Å². The lowest BCUT2D eigenvalue weighted by Gasteiger charge is -2.18. The van der Waals surface area contributed by atoms with Crippen LogP contribution in [0.3, 0.4) is 0 Å². The number of rotatable bonds is 9. The highest BCUT2D eigenvalue weighted by molar-refractivity contribution is 7.98. The molecule has 0 aliphatic heterocycles. The number of benzene rings is 1. The van der Waals surface area contributed by atoms with Crippen molar-refractivity contribution in [2.75, 3.05) is 25.1 Å². The highest BCUT2D eigenvalue weighted by Crippen LogP contribution is 2.23. The van der Waals surface area contributed by atoms with Crippen LogP contribution in [0.4, 0.5) is 0 Å².